The zero-order valence-corrected chi connectivity index (χ0v) is 22.4. The van der Waals surface area contributed by atoms with Crippen molar-refractivity contribution in [3.8, 4) is 0 Å². The Balaban J connectivity index is 0.00000363. The van der Waals surface area contributed by atoms with Crippen molar-refractivity contribution in [2.24, 2.45) is 16.8 Å². The summed E-state index contributed by atoms with van der Waals surface area (Å²) in [5.41, 5.74) is 0.984. The Bertz CT molecular complexity index is 726. The van der Waals surface area contributed by atoms with Gasteiger partial charge in [0.25, 0.3) is 0 Å². The smallest absolute Gasteiger partial charge is 0.310 e. The average Bonchev–Trinajstić information content (AvgIpc) is 3.09. The zero-order valence-electron chi connectivity index (χ0n) is 20.1. The Morgan fingerprint density at radius 2 is 1.97 bits per heavy atom. The summed E-state index contributed by atoms with van der Waals surface area (Å²) in [5.74, 6) is 3.13. The number of oxazole rings is 1. The first-order chi connectivity index (χ1) is 15.0. The lowest BCUT2D eigenvalue weighted by Gasteiger charge is -2.34. The number of aliphatic imine (C=N–C) groups is 1. The molecule has 2 aliphatic heterocycles. The summed E-state index contributed by atoms with van der Waals surface area (Å²) in [6.07, 6.45) is 4.16. The summed E-state index contributed by atoms with van der Waals surface area (Å²) in [6.45, 7) is 14.5. The van der Waals surface area contributed by atoms with Crippen LogP contribution in [0.5, 0.6) is 0 Å². The van der Waals surface area contributed by atoms with E-state index in [9.17, 15) is 4.79 Å². The number of nitrogens with zero attached hydrogens (tertiary/aromatic N) is 4. The first kappa shape index (κ1) is 26.9. The van der Waals surface area contributed by atoms with Crippen molar-refractivity contribution in [1.29, 1.82) is 0 Å². The number of hydrogen-bond acceptors (Lipinski definition) is 6. The molecule has 3 rings (SSSR count). The van der Waals surface area contributed by atoms with Crippen molar-refractivity contribution >= 4 is 35.9 Å². The summed E-state index contributed by atoms with van der Waals surface area (Å²) in [6, 6.07) is 0. The van der Waals surface area contributed by atoms with E-state index in [1.54, 1.807) is 0 Å². The molecular weight excluding hydrogens is 521 g/mol. The van der Waals surface area contributed by atoms with Gasteiger partial charge in [0, 0.05) is 26.2 Å². The third-order valence-electron chi connectivity index (χ3n) is 6.31. The maximum Gasteiger partial charge on any atom is 0.310 e. The molecule has 1 unspecified atom stereocenters. The number of guanidine groups is 1. The summed E-state index contributed by atoms with van der Waals surface area (Å²) < 4.78 is 11.0. The zero-order chi connectivity index (χ0) is 22.2. The predicted molar refractivity (Wildman–Crippen MR) is 136 cm³/mol. The quantitative estimate of drug-likeness (QED) is 0.237. The van der Waals surface area contributed by atoms with Gasteiger partial charge in [0.05, 0.1) is 24.8 Å². The minimum atomic E-state index is -0.0770. The third kappa shape index (κ3) is 7.60. The van der Waals surface area contributed by atoms with Gasteiger partial charge in [-0.2, -0.15) is 0 Å². The number of likely N-dealkylation sites (tertiary alicyclic amines) is 2. The molecule has 0 radical (unpaired) electrons. The fraction of sp³-hybridized carbons (Fsp3) is 0.783. The number of hydrogen-bond donors (Lipinski definition) is 1. The summed E-state index contributed by atoms with van der Waals surface area (Å²) in [7, 11) is 0. The molecule has 1 aromatic rings. The van der Waals surface area contributed by atoms with Crippen LogP contribution < -0.4 is 5.32 Å². The Hall–Kier alpha value is -1.36. The fourth-order valence-electron chi connectivity index (χ4n) is 4.39. The van der Waals surface area contributed by atoms with Crippen LogP contribution in [0.1, 0.15) is 56.9 Å². The lowest BCUT2D eigenvalue weighted by molar-refractivity contribution is -0.149. The van der Waals surface area contributed by atoms with Gasteiger partial charge in [0.15, 0.2) is 5.96 Å². The molecule has 0 bridgehead atoms. The van der Waals surface area contributed by atoms with Gasteiger partial charge in [-0.25, -0.2) is 4.98 Å². The van der Waals surface area contributed by atoms with Crippen LogP contribution in [0.3, 0.4) is 0 Å². The van der Waals surface area contributed by atoms with Gasteiger partial charge in [-0.15, -0.1) is 24.0 Å². The van der Waals surface area contributed by atoms with Crippen LogP contribution in [0.25, 0.3) is 0 Å². The Morgan fingerprint density at radius 1 is 1.22 bits per heavy atom. The number of nitrogens with one attached hydrogen (secondary N) is 1. The van der Waals surface area contributed by atoms with Crippen LogP contribution in [-0.2, 0) is 16.1 Å². The average molecular weight is 562 g/mol. The van der Waals surface area contributed by atoms with E-state index in [0.29, 0.717) is 19.1 Å². The molecule has 0 aliphatic carbocycles. The lowest BCUT2D eigenvalue weighted by atomic mass is 9.97. The monoisotopic (exact) mass is 561 g/mol. The standard InChI is InChI=1S/C23H39N5O3.HI/c1-5-24-23(28-11-7-8-20(15-28)22(29)30-6-2)25-14-19-9-12-27(13-10-19)16-21-26-17(3)18(4)31-21;/h19-20H,5-16H2,1-4H3,(H,24,25);1H. The third-order valence-corrected chi connectivity index (χ3v) is 6.31. The number of halogens is 1. The molecule has 0 amide bonds. The van der Waals surface area contributed by atoms with Crippen molar-refractivity contribution in [1.82, 2.24) is 20.1 Å². The van der Waals surface area contributed by atoms with Crippen LogP contribution in [-0.4, -0.2) is 72.6 Å². The molecule has 3 heterocycles. The first-order valence-corrected chi connectivity index (χ1v) is 11.8. The van der Waals surface area contributed by atoms with E-state index in [-0.39, 0.29) is 35.9 Å². The second kappa shape index (κ2) is 13.4. The van der Waals surface area contributed by atoms with E-state index in [4.69, 9.17) is 14.1 Å². The minimum Gasteiger partial charge on any atom is -0.466 e. The number of carbonyl (C=O) groups is 1. The predicted octanol–water partition coefficient (Wildman–Crippen LogP) is 3.36. The lowest BCUT2D eigenvalue weighted by Crippen LogP contribution is -2.48. The maximum absolute atomic E-state index is 12.2. The molecule has 0 spiro atoms. The molecule has 182 valence electrons. The van der Waals surface area contributed by atoms with Crippen molar-refractivity contribution in [2.75, 3.05) is 45.9 Å². The highest BCUT2D eigenvalue weighted by Crippen LogP contribution is 2.21. The molecule has 1 atom stereocenters. The summed E-state index contributed by atoms with van der Waals surface area (Å²) in [4.78, 5) is 26.3. The highest BCUT2D eigenvalue weighted by molar-refractivity contribution is 14.0. The van der Waals surface area contributed by atoms with E-state index in [2.05, 4.69) is 27.0 Å². The SMILES string of the molecule is CCNC(=NCC1CCN(Cc2nc(C)c(C)o2)CC1)N1CCCC(C(=O)OCC)C1.I. The second-order valence-electron chi connectivity index (χ2n) is 8.70. The number of carbonyl (C=O) groups excluding carboxylic acids is 1. The van der Waals surface area contributed by atoms with Crippen LogP contribution in [0.2, 0.25) is 0 Å². The molecule has 2 fully saturated rings. The van der Waals surface area contributed by atoms with Crippen molar-refractivity contribution < 1.29 is 13.9 Å². The van der Waals surface area contributed by atoms with Crippen LogP contribution in [0.15, 0.2) is 9.41 Å². The molecule has 0 saturated carbocycles. The molecular formula is C23H40IN5O3. The highest BCUT2D eigenvalue weighted by Gasteiger charge is 2.29. The molecule has 2 saturated heterocycles. The molecule has 8 nitrogen and oxygen atoms in total. The fourth-order valence-corrected chi connectivity index (χ4v) is 4.39. The Labute approximate surface area is 209 Å². The van der Waals surface area contributed by atoms with E-state index < -0.39 is 0 Å². The van der Waals surface area contributed by atoms with Gasteiger partial charge >= 0.3 is 5.97 Å². The van der Waals surface area contributed by atoms with Gasteiger partial charge in [-0.3, -0.25) is 14.7 Å². The first-order valence-electron chi connectivity index (χ1n) is 11.8. The van der Waals surface area contributed by atoms with Crippen LogP contribution >= 0.6 is 24.0 Å². The number of piperidine rings is 2. The van der Waals surface area contributed by atoms with Crippen molar-refractivity contribution in [3.63, 3.8) is 0 Å². The largest absolute Gasteiger partial charge is 0.466 e. The molecule has 0 aromatic carbocycles. The van der Waals surface area contributed by atoms with Gasteiger partial charge in [-0.1, -0.05) is 0 Å². The van der Waals surface area contributed by atoms with Gasteiger partial charge in [-0.05, 0) is 72.4 Å². The minimum absolute atomic E-state index is 0. The summed E-state index contributed by atoms with van der Waals surface area (Å²) >= 11 is 0. The normalized spacial score (nSPS) is 20.7. The second-order valence-corrected chi connectivity index (χ2v) is 8.70. The molecule has 1 N–H and O–H groups in total. The van der Waals surface area contributed by atoms with Crippen LogP contribution in [0.4, 0.5) is 0 Å². The topological polar surface area (TPSA) is 83.2 Å². The van der Waals surface area contributed by atoms with Gasteiger partial charge in [0.2, 0.25) is 5.89 Å². The number of aromatic nitrogens is 1. The van der Waals surface area contributed by atoms with E-state index >= 15 is 0 Å². The van der Waals surface area contributed by atoms with Gasteiger partial charge < -0.3 is 19.4 Å². The van der Waals surface area contributed by atoms with Crippen molar-refractivity contribution in [3.05, 3.63) is 17.3 Å². The number of aryl methyl sites for hydroxylation is 2. The Kier molecular flexibility index (Phi) is 11.2. The van der Waals surface area contributed by atoms with E-state index in [1.165, 1.54) is 0 Å². The number of ether oxygens (including phenoxy) is 1. The maximum atomic E-state index is 12.2. The highest BCUT2D eigenvalue weighted by atomic mass is 127. The van der Waals surface area contributed by atoms with E-state index in [0.717, 1.165) is 88.3 Å². The molecule has 1 aromatic heterocycles. The van der Waals surface area contributed by atoms with Crippen LogP contribution in [0, 0.1) is 25.7 Å². The molecule has 9 heteroatoms. The Morgan fingerprint density at radius 3 is 2.59 bits per heavy atom. The molecule has 32 heavy (non-hydrogen) atoms. The van der Waals surface area contributed by atoms with Crippen molar-refractivity contribution in [2.45, 2.75) is 59.9 Å². The van der Waals surface area contributed by atoms with Gasteiger partial charge in [0.1, 0.15) is 5.76 Å². The number of esters is 1. The molecule has 2 aliphatic rings. The van der Waals surface area contributed by atoms with E-state index in [1.807, 2.05) is 20.8 Å². The number of rotatable bonds is 7. The summed E-state index contributed by atoms with van der Waals surface area (Å²) in [5, 5.41) is 3.43.